The van der Waals surface area contributed by atoms with Crippen molar-refractivity contribution in [2.45, 2.75) is 58.5 Å². The second kappa shape index (κ2) is 10.1. The van der Waals surface area contributed by atoms with Gasteiger partial charge in [-0.1, -0.05) is 50.6 Å². The summed E-state index contributed by atoms with van der Waals surface area (Å²) < 4.78 is 6.14. The number of urea groups is 1. The Bertz CT molecular complexity index is 1130. The van der Waals surface area contributed by atoms with E-state index < -0.39 is 5.54 Å². The summed E-state index contributed by atoms with van der Waals surface area (Å²) in [6.45, 7) is 16.3. The van der Waals surface area contributed by atoms with E-state index in [1.807, 2.05) is 41.0 Å². The quantitative estimate of drug-likeness (QED) is 0.524. The number of aliphatic imine (C=N–C) groups is 1. The van der Waals surface area contributed by atoms with Gasteiger partial charge in [-0.05, 0) is 68.6 Å². The largest absolute Gasteiger partial charge is 0.493 e. The van der Waals surface area contributed by atoms with Crippen LogP contribution in [0, 0.1) is 0 Å². The normalized spacial score (nSPS) is 23.1. The molecule has 36 heavy (non-hydrogen) atoms. The van der Waals surface area contributed by atoms with Gasteiger partial charge in [-0.15, -0.1) is 0 Å². The van der Waals surface area contributed by atoms with E-state index in [2.05, 4.69) is 64.8 Å². The molecule has 0 N–H and O–H groups in total. The first-order valence-corrected chi connectivity index (χ1v) is 13.2. The Labute approximate surface area is 220 Å². The highest BCUT2D eigenvalue weighted by Gasteiger charge is 2.51. The highest BCUT2D eigenvalue weighted by molar-refractivity contribution is 6.30. The van der Waals surface area contributed by atoms with E-state index >= 15 is 0 Å². The third kappa shape index (κ3) is 4.85. The molecule has 2 aromatic rings. The van der Waals surface area contributed by atoms with Crippen LogP contribution in [0.4, 0.5) is 4.79 Å². The first-order valence-electron chi connectivity index (χ1n) is 12.9. The van der Waals surface area contributed by atoms with Crippen LogP contribution in [0.15, 0.2) is 47.5 Å². The number of carbonyl (C=O) groups excluding carboxylic acids is 1. The summed E-state index contributed by atoms with van der Waals surface area (Å²) in [4.78, 5) is 25.5. The van der Waals surface area contributed by atoms with E-state index in [4.69, 9.17) is 21.3 Å². The fourth-order valence-electron chi connectivity index (χ4n) is 5.00. The van der Waals surface area contributed by atoms with E-state index in [1.165, 1.54) is 5.56 Å². The number of likely N-dealkylation sites (N-methyl/N-ethyl adjacent to an activating group) is 1. The highest BCUT2D eigenvalue weighted by Crippen LogP contribution is 2.43. The maximum absolute atomic E-state index is 14.3. The SMILES string of the molecule is CCOc1cc(C(C)(C)C)ccc1C1=NC(C)[C@@](C)(c2ccc(Cl)cc2)N1C(=O)N1CCN(C)CC1. The fraction of sp³-hybridized carbons (Fsp3) is 0.517. The van der Waals surface area contributed by atoms with Gasteiger partial charge >= 0.3 is 6.03 Å². The van der Waals surface area contributed by atoms with Gasteiger partial charge in [0.05, 0.1) is 23.8 Å². The highest BCUT2D eigenvalue weighted by atomic mass is 35.5. The first-order chi connectivity index (χ1) is 17.0. The lowest BCUT2D eigenvalue weighted by Crippen LogP contribution is -2.58. The van der Waals surface area contributed by atoms with Crippen molar-refractivity contribution in [1.82, 2.24) is 14.7 Å². The van der Waals surface area contributed by atoms with Gasteiger partial charge in [0.1, 0.15) is 11.6 Å². The summed E-state index contributed by atoms with van der Waals surface area (Å²) in [5.74, 6) is 1.42. The van der Waals surface area contributed by atoms with Crippen LogP contribution in [0.25, 0.3) is 0 Å². The van der Waals surface area contributed by atoms with E-state index in [9.17, 15) is 4.79 Å². The smallest absolute Gasteiger partial charge is 0.326 e. The van der Waals surface area contributed by atoms with Crippen LogP contribution in [0.5, 0.6) is 5.75 Å². The molecule has 1 fully saturated rings. The number of carbonyl (C=O) groups is 1. The Morgan fingerprint density at radius 1 is 1.11 bits per heavy atom. The van der Waals surface area contributed by atoms with E-state index in [-0.39, 0.29) is 17.5 Å². The molecule has 2 aliphatic heterocycles. The summed E-state index contributed by atoms with van der Waals surface area (Å²) in [5.41, 5.74) is 2.33. The molecule has 1 saturated heterocycles. The van der Waals surface area contributed by atoms with Crippen molar-refractivity contribution in [3.8, 4) is 5.75 Å². The van der Waals surface area contributed by atoms with Crippen molar-refractivity contribution >= 4 is 23.5 Å². The summed E-state index contributed by atoms with van der Waals surface area (Å²) in [7, 11) is 2.09. The zero-order chi connectivity index (χ0) is 26.3. The molecule has 0 bridgehead atoms. The lowest BCUT2D eigenvalue weighted by molar-refractivity contribution is 0.111. The van der Waals surface area contributed by atoms with Gasteiger partial charge in [0, 0.05) is 31.2 Å². The Hall–Kier alpha value is -2.57. The molecule has 0 saturated carbocycles. The molecule has 2 amide bonds. The van der Waals surface area contributed by atoms with Gasteiger partial charge in [0.25, 0.3) is 0 Å². The van der Waals surface area contributed by atoms with Crippen molar-refractivity contribution < 1.29 is 9.53 Å². The molecular weight excluding hydrogens is 472 g/mol. The van der Waals surface area contributed by atoms with Gasteiger partial charge in [-0.25, -0.2) is 4.79 Å². The van der Waals surface area contributed by atoms with Crippen LogP contribution >= 0.6 is 11.6 Å². The molecule has 0 radical (unpaired) electrons. The minimum absolute atomic E-state index is 0.0222. The number of hydrogen-bond donors (Lipinski definition) is 0. The summed E-state index contributed by atoms with van der Waals surface area (Å²) in [6, 6.07) is 13.9. The molecule has 4 rings (SSSR count). The average Bonchev–Trinajstić information content (AvgIpc) is 3.10. The molecule has 2 aliphatic rings. The first kappa shape index (κ1) is 26.5. The molecule has 7 heteroatoms. The van der Waals surface area contributed by atoms with Gasteiger partial charge in [-0.2, -0.15) is 0 Å². The van der Waals surface area contributed by atoms with E-state index in [1.54, 1.807) is 0 Å². The molecule has 6 nitrogen and oxygen atoms in total. The maximum Gasteiger partial charge on any atom is 0.326 e. The number of hydrogen-bond acceptors (Lipinski definition) is 4. The predicted octanol–water partition coefficient (Wildman–Crippen LogP) is 5.77. The number of nitrogens with zero attached hydrogens (tertiary/aromatic N) is 4. The third-order valence-electron chi connectivity index (χ3n) is 7.59. The minimum atomic E-state index is -0.674. The van der Waals surface area contributed by atoms with Crippen LogP contribution in [-0.4, -0.2) is 72.4 Å². The number of benzene rings is 2. The van der Waals surface area contributed by atoms with Crippen LogP contribution in [0.3, 0.4) is 0 Å². The summed E-state index contributed by atoms with van der Waals surface area (Å²) in [6.07, 6.45) is 0. The van der Waals surface area contributed by atoms with Gasteiger partial charge in [0.15, 0.2) is 0 Å². The third-order valence-corrected chi connectivity index (χ3v) is 7.84. The number of amides is 2. The second-order valence-electron chi connectivity index (χ2n) is 11.1. The van der Waals surface area contributed by atoms with Crippen molar-refractivity contribution in [3.05, 3.63) is 64.2 Å². The summed E-state index contributed by atoms with van der Waals surface area (Å²) in [5, 5.41) is 0.669. The minimum Gasteiger partial charge on any atom is -0.493 e. The topological polar surface area (TPSA) is 48.4 Å². The number of piperazine rings is 1. The van der Waals surface area contributed by atoms with Crippen molar-refractivity contribution in [3.63, 3.8) is 0 Å². The van der Waals surface area contributed by atoms with Crippen LogP contribution in [0.2, 0.25) is 5.02 Å². The predicted molar refractivity (Wildman–Crippen MR) is 147 cm³/mol. The summed E-state index contributed by atoms with van der Waals surface area (Å²) >= 11 is 6.23. The zero-order valence-electron chi connectivity index (χ0n) is 22.6. The molecule has 0 spiro atoms. The lowest BCUT2D eigenvalue weighted by atomic mass is 9.84. The molecule has 0 aromatic heterocycles. The standard InChI is InChI=1S/C29H39ClN4O2/c1-8-36-25-19-22(28(3,4)5)11-14-24(25)26-31-20(2)29(6,21-9-12-23(30)13-10-21)34(26)27(35)33-17-15-32(7)16-18-33/h9-14,19-20H,8,15-18H2,1-7H3/t20?,29-/m0/s1. The molecule has 194 valence electrons. The van der Waals surface area contributed by atoms with Crippen molar-refractivity contribution in [2.75, 3.05) is 39.8 Å². The molecular formula is C29H39ClN4O2. The maximum atomic E-state index is 14.3. The number of halogens is 1. The molecule has 1 unspecified atom stereocenters. The Morgan fingerprint density at radius 3 is 2.33 bits per heavy atom. The van der Waals surface area contributed by atoms with Crippen LogP contribution in [0.1, 0.15) is 58.2 Å². The number of amidine groups is 1. The second-order valence-corrected chi connectivity index (χ2v) is 11.5. The Balaban J connectivity index is 1.85. The van der Waals surface area contributed by atoms with Gasteiger partial charge < -0.3 is 14.5 Å². The van der Waals surface area contributed by atoms with E-state index in [0.717, 1.165) is 30.0 Å². The Morgan fingerprint density at radius 2 is 1.75 bits per heavy atom. The van der Waals surface area contributed by atoms with Gasteiger partial charge in [-0.3, -0.25) is 9.89 Å². The van der Waals surface area contributed by atoms with Crippen molar-refractivity contribution in [1.29, 1.82) is 0 Å². The van der Waals surface area contributed by atoms with Crippen molar-refractivity contribution in [2.24, 2.45) is 4.99 Å². The molecule has 2 heterocycles. The number of rotatable bonds is 4. The van der Waals surface area contributed by atoms with Crippen LogP contribution in [-0.2, 0) is 11.0 Å². The Kier molecular flexibility index (Phi) is 7.40. The average molecular weight is 511 g/mol. The van der Waals surface area contributed by atoms with E-state index in [0.29, 0.717) is 30.6 Å². The lowest BCUT2D eigenvalue weighted by Gasteiger charge is -2.43. The number of ether oxygens (including phenoxy) is 1. The van der Waals surface area contributed by atoms with Gasteiger partial charge in [0.2, 0.25) is 0 Å². The monoisotopic (exact) mass is 510 g/mol. The fourth-order valence-corrected chi connectivity index (χ4v) is 5.12. The molecule has 2 atom stereocenters. The zero-order valence-corrected chi connectivity index (χ0v) is 23.4. The van der Waals surface area contributed by atoms with Crippen LogP contribution < -0.4 is 4.74 Å². The molecule has 0 aliphatic carbocycles. The molecule has 2 aromatic carbocycles.